The molecule has 0 atom stereocenters. The van der Waals surface area contributed by atoms with Crippen LogP contribution in [0.2, 0.25) is 0 Å². The molecule has 0 aromatic heterocycles. The molecular formula is C7H6F2O3S. The predicted octanol–water partition coefficient (Wildman–Crippen LogP) is 1.49. The van der Waals surface area contributed by atoms with E-state index < -0.39 is 20.9 Å². The SMILES string of the molecule is COc1cccc(F)c1S(=O)(=O)F. The van der Waals surface area contributed by atoms with E-state index in [-0.39, 0.29) is 5.75 Å². The summed E-state index contributed by atoms with van der Waals surface area (Å²) in [6.07, 6.45) is 0. The van der Waals surface area contributed by atoms with Gasteiger partial charge in [0.1, 0.15) is 11.6 Å². The molecule has 0 spiro atoms. The van der Waals surface area contributed by atoms with Crippen molar-refractivity contribution in [2.75, 3.05) is 7.11 Å². The van der Waals surface area contributed by atoms with Crippen molar-refractivity contribution in [2.24, 2.45) is 0 Å². The molecule has 0 unspecified atom stereocenters. The second-order valence-corrected chi connectivity index (χ2v) is 3.49. The molecule has 13 heavy (non-hydrogen) atoms. The monoisotopic (exact) mass is 208 g/mol. The van der Waals surface area contributed by atoms with Crippen molar-refractivity contribution in [2.45, 2.75) is 4.90 Å². The smallest absolute Gasteiger partial charge is 0.338 e. The highest BCUT2D eigenvalue weighted by molar-refractivity contribution is 7.86. The highest BCUT2D eigenvalue weighted by atomic mass is 32.3. The third-order valence-corrected chi connectivity index (χ3v) is 2.28. The molecule has 0 amide bonds. The number of rotatable bonds is 2. The summed E-state index contributed by atoms with van der Waals surface area (Å²) < 4.78 is 50.7. The molecule has 0 aliphatic carbocycles. The third-order valence-electron chi connectivity index (χ3n) is 1.39. The molecule has 0 saturated carbocycles. The second kappa shape index (κ2) is 3.29. The molecule has 0 bridgehead atoms. The minimum absolute atomic E-state index is 0.345. The highest BCUT2D eigenvalue weighted by Gasteiger charge is 2.22. The molecule has 0 aliphatic heterocycles. The van der Waals surface area contributed by atoms with Crippen LogP contribution in [-0.2, 0) is 10.2 Å². The van der Waals surface area contributed by atoms with Gasteiger partial charge in [-0.2, -0.15) is 8.42 Å². The Bertz CT molecular complexity index is 414. The quantitative estimate of drug-likeness (QED) is 0.691. The Balaban J connectivity index is 3.50. The minimum Gasteiger partial charge on any atom is -0.495 e. The van der Waals surface area contributed by atoms with Crippen LogP contribution >= 0.6 is 0 Å². The zero-order valence-electron chi connectivity index (χ0n) is 6.62. The van der Waals surface area contributed by atoms with Gasteiger partial charge < -0.3 is 4.74 Å². The molecule has 0 fully saturated rings. The number of ether oxygens (including phenoxy) is 1. The first-order valence-corrected chi connectivity index (χ1v) is 4.62. The molecule has 0 heterocycles. The molecule has 0 radical (unpaired) electrons. The first-order chi connectivity index (χ1) is 5.96. The first kappa shape index (κ1) is 9.91. The summed E-state index contributed by atoms with van der Waals surface area (Å²) in [4.78, 5) is -1.06. The van der Waals surface area contributed by atoms with E-state index in [1.165, 1.54) is 6.07 Å². The molecule has 0 aliphatic rings. The predicted molar refractivity (Wildman–Crippen MR) is 41.2 cm³/mol. The lowest BCUT2D eigenvalue weighted by Gasteiger charge is -2.04. The van der Waals surface area contributed by atoms with Crippen molar-refractivity contribution in [1.29, 1.82) is 0 Å². The molecule has 0 N–H and O–H groups in total. The van der Waals surface area contributed by atoms with Crippen LogP contribution in [0.3, 0.4) is 0 Å². The van der Waals surface area contributed by atoms with Crippen LogP contribution < -0.4 is 4.74 Å². The number of halogens is 2. The van der Waals surface area contributed by atoms with E-state index in [0.29, 0.717) is 0 Å². The summed E-state index contributed by atoms with van der Waals surface area (Å²) in [5, 5.41) is 0. The largest absolute Gasteiger partial charge is 0.495 e. The average molecular weight is 208 g/mol. The van der Waals surface area contributed by atoms with E-state index in [0.717, 1.165) is 19.2 Å². The molecule has 72 valence electrons. The number of hydrogen-bond acceptors (Lipinski definition) is 3. The van der Waals surface area contributed by atoms with E-state index in [9.17, 15) is 16.7 Å². The standard InChI is InChI=1S/C7H6F2O3S/c1-12-6-4-2-3-5(8)7(6)13(9,10)11/h2-4H,1H3. The van der Waals surface area contributed by atoms with Gasteiger partial charge in [-0.15, -0.1) is 3.89 Å². The van der Waals surface area contributed by atoms with Crippen molar-refractivity contribution in [3.05, 3.63) is 24.0 Å². The van der Waals surface area contributed by atoms with Gasteiger partial charge in [-0.3, -0.25) is 0 Å². The van der Waals surface area contributed by atoms with Gasteiger partial charge in [0.15, 0.2) is 4.90 Å². The Morgan fingerprint density at radius 3 is 2.38 bits per heavy atom. The van der Waals surface area contributed by atoms with Crippen LogP contribution in [0.1, 0.15) is 0 Å². The van der Waals surface area contributed by atoms with E-state index in [1.807, 2.05) is 0 Å². The van der Waals surface area contributed by atoms with Crippen molar-refractivity contribution < 1.29 is 21.4 Å². The van der Waals surface area contributed by atoms with Gasteiger partial charge in [0.25, 0.3) is 0 Å². The molecule has 1 aromatic rings. The fraction of sp³-hybridized carbons (Fsp3) is 0.143. The van der Waals surface area contributed by atoms with Gasteiger partial charge in [-0.1, -0.05) is 6.07 Å². The molecule has 1 rings (SSSR count). The lowest BCUT2D eigenvalue weighted by Crippen LogP contribution is -2.00. The Hall–Kier alpha value is -1.17. The van der Waals surface area contributed by atoms with Crippen molar-refractivity contribution >= 4 is 10.2 Å². The highest BCUT2D eigenvalue weighted by Crippen LogP contribution is 2.27. The lowest BCUT2D eigenvalue weighted by molar-refractivity contribution is 0.392. The van der Waals surface area contributed by atoms with Crippen LogP contribution in [0.15, 0.2) is 23.1 Å². The zero-order chi connectivity index (χ0) is 10.1. The summed E-state index contributed by atoms with van der Waals surface area (Å²) in [6, 6.07) is 3.23. The zero-order valence-corrected chi connectivity index (χ0v) is 7.44. The van der Waals surface area contributed by atoms with Gasteiger partial charge in [0, 0.05) is 0 Å². The second-order valence-electron chi connectivity index (χ2n) is 2.21. The van der Waals surface area contributed by atoms with Gasteiger partial charge in [-0.05, 0) is 12.1 Å². The van der Waals surface area contributed by atoms with Crippen LogP contribution in [0.25, 0.3) is 0 Å². The Labute approximate surface area is 74.2 Å². The van der Waals surface area contributed by atoms with Crippen LogP contribution in [0, 0.1) is 5.82 Å². The minimum atomic E-state index is -5.08. The normalized spacial score (nSPS) is 11.3. The van der Waals surface area contributed by atoms with Crippen LogP contribution in [0.5, 0.6) is 5.75 Å². The summed E-state index contributed by atoms with van der Waals surface area (Å²) in [5.41, 5.74) is 0. The topological polar surface area (TPSA) is 43.4 Å². The molecule has 0 saturated heterocycles. The molecule has 1 aromatic carbocycles. The maximum absolute atomic E-state index is 12.8. The summed E-state index contributed by atoms with van der Waals surface area (Å²) in [7, 11) is -3.95. The van der Waals surface area contributed by atoms with Crippen LogP contribution in [-0.4, -0.2) is 15.5 Å². The average Bonchev–Trinajstić information content (AvgIpc) is 2.01. The fourth-order valence-corrected chi connectivity index (χ4v) is 1.58. The summed E-state index contributed by atoms with van der Waals surface area (Å²) in [6.45, 7) is 0. The fourth-order valence-electron chi connectivity index (χ4n) is 0.886. The van der Waals surface area contributed by atoms with E-state index in [2.05, 4.69) is 4.74 Å². The number of hydrogen-bond donors (Lipinski definition) is 0. The van der Waals surface area contributed by atoms with E-state index in [1.54, 1.807) is 0 Å². The number of benzene rings is 1. The Morgan fingerprint density at radius 2 is 2.00 bits per heavy atom. The van der Waals surface area contributed by atoms with Crippen LogP contribution in [0.4, 0.5) is 8.28 Å². The lowest BCUT2D eigenvalue weighted by atomic mass is 10.3. The van der Waals surface area contributed by atoms with Crippen molar-refractivity contribution in [3.63, 3.8) is 0 Å². The Kier molecular flexibility index (Phi) is 2.51. The van der Waals surface area contributed by atoms with Gasteiger partial charge >= 0.3 is 10.2 Å². The van der Waals surface area contributed by atoms with Crippen molar-refractivity contribution in [1.82, 2.24) is 0 Å². The van der Waals surface area contributed by atoms with E-state index >= 15 is 0 Å². The summed E-state index contributed by atoms with van der Waals surface area (Å²) >= 11 is 0. The molecule has 6 heteroatoms. The first-order valence-electron chi connectivity index (χ1n) is 3.24. The maximum Gasteiger partial charge on any atom is 0.338 e. The number of methoxy groups -OCH3 is 1. The third kappa shape index (κ3) is 1.95. The Morgan fingerprint density at radius 1 is 1.38 bits per heavy atom. The maximum atomic E-state index is 12.8. The van der Waals surface area contributed by atoms with Gasteiger partial charge in [-0.25, -0.2) is 4.39 Å². The van der Waals surface area contributed by atoms with Crippen molar-refractivity contribution in [3.8, 4) is 5.75 Å². The van der Waals surface area contributed by atoms with Gasteiger partial charge in [0.05, 0.1) is 7.11 Å². The summed E-state index contributed by atoms with van der Waals surface area (Å²) in [5.74, 6) is -1.51. The van der Waals surface area contributed by atoms with Gasteiger partial charge in [0.2, 0.25) is 0 Å². The van der Waals surface area contributed by atoms with E-state index in [4.69, 9.17) is 0 Å². The molecule has 3 nitrogen and oxygen atoms in total. The molecular weight excluding hydrogens is 202 g/mol.